The molecule has 0 radical (unpaired) electrons. The molecule has 1 aromatic rings. The van der Waals surface area contributed by atoms with Crippen LogP contribution in [0.3, 0.4) is 0 Å². The first-order valence-electron chi connectivity index (χ1n) is 5.85. The summed E-state index contributed by atoms with van der Waals surface area (Å²) in [5, 5.41) is 10.7. The van der Waals surface area contributed by atoms with Gasteiger partial charge < -0.3 is 18.9 Å². The summed E-state index contributed by atoms with van der Waals surface area (Å²) in [4.78, 5) is 10.3. The van der Waals surface area contributed by atoms with Gasteiger partial charge in [0.15, 0.2) is 18.3 Å². The van der Waals surface area contributed by atoms with E-state index in [2.05, 4.69) is 0 Å². The largest absolute Gasteiger partial charge is 0.489 e. The summed E-state index contributed by atoms with van der Waals surface area (Å²) in [6.45, 7) is 1.24. The lowest BCUT2D eigenvalue weighted by atomic mass is 10.3. The van der Waals surface area contributed by atoms with Gasteiger partial charge >= 0.3 is 0 Å². The summed E-state index contributed by atoms with van der Waals surface area (Å²) in [5.74, 6) is 0.760. The molecule has 2 rings (SSSR count). The maximum absolute atomic E-state index is 10.7. The summed E-state index contributed by atoms with van der Waals surface area (Å²) in [6, 6.07) is 4.21. The second-order valence-corrected chi connectivity index (χ2v) is 4.03. The van der Waals surface area contributed by atoms with Gasteiger partial charge in [-0.25, -0.2) is 0 Å². The van der Waals surface area contributed by atoms with Crippen LogP contribution in [0.5, 0.6) is 11.5 Å². The molecule has 1 aliphatic heterocycles. The molecule has 0 N–H and O–H groups in total. The molecule has 7 nitrogen and oxygen atoms in total. The molecule has 1 heterocycles. The zero-order valence-corrected chi connectivity index (χ0v) is 10.5. The Morgan fingerprint density at radius 2 is 2.21 bits per heavy atom. The van der Waals surface area contributed by atoms with Crippen LogP contribution in [0.4, 0.5) is 5.69 Å². The first kappa shape index (κ1) is 13.6. The third-order valence-electron chi connectivity index (χ3n) is 2.57. The van der Waals surface area contributed by atoms with Crippen molar-refractivity contribution in [2.75, 3.05) is 27.1 Å². The van der Waals surface area contributed by atoms with Crippen molar-refractivity contribution in [1.29, 1.82) is 0 Å². The van der Waals surface area contributed by atoms with Crippen molar-refractivity contribution in [3.63, 3.8) is 0 Å². The summed E-state index contributed by atoms with van der Waals surface area (Å²) < 4.78 is 20.7. The molecule has 0 saturated carbocycles. The molecule has 0 spiro atoms. The van der Waals surface area contributed by atoms with E-state index in [0.717, 1.165) is 13.0 Å². The Balaban J connectivity index is 2.03. The fraction of sp³-hybridized carbons (Fsp3) is 0.500. The first-order valence-corrected chi connectivity index (χ1v) is 5.85. The Hall–Kier alpha value is -1.86. The van der Waals surface area contributed by atoms with E-state index < -0.39 is 4.92 Å². The van der Waals surface area contributed by atoms with Crippen molar-refractivity contribution in [2.24, 2.45) is 0 Å². The number of nitro groups is 1. The molecule has 1 aromatic carbocycles. The zero-order valence-electron chi connectivity index (χ0n) is 10.5. The average Bonchev–Trinajstić information content (AvgIpc) is 3.21. The van der Waals surface area contributed by atoms with Crippen molar-refractivity contribution in [2.45, 2.75) is 12.5 Å². The minimum absolute atomic E-state index is 0.0394. The fourth-order valence-electron chi connectivity index (χ4n) is 1.50. The van der Waals surface area contributed by atoms with Gasteiger partial charge in [-0.3, -0.25) is 10.1 Å². The molecule has 7 heteroatoms. The number of epoxide rings is 1. The third kappa shape index (κ3) is 4.08. The minimum Gasteiger partial charge on any atom is -0.489 e. The lowest BCUT2D eigenvalue weighted by Gasteiger charge is -2.11. The van der Waals surface area contributed by atoms with E-state index in [1.165, 1.54) is 25.3 Å². The van der Waals surface area contributed by atoms with E-state index >= 15 is 0 Å². The molecule has 1 unspecified atom stereocenters. The Morgan fingerprint density at radius 3 is 2.84 bits per heavy atom. The standard InChI is InChI=1S/C12H15NO6/c1-16-8-19-11-3-2-9(13(14)15)6-12(11)17-5-4-10-7-18-10/h2-3,6,10H,4-5,7-8H2,1H3. The smallest absolute Gasteiger partial charge is 0.273 e. The van der Waals surface area contributed by atoms with Gasteiger partial charge in [0.2, 0.25) is 0 Å². The number of nitro benzene ring substituents is 1. The van der Waals surface area contributed by atoms with Crippen LogP contribution in [0, 0.1) is 10.1 Å². The summed E-state index contributed by atoms with van der Waals surface area (Å²) in [6.07, 6.45) is 1.01. The average molecular weight is 269 g/mol. The minimum atomic E-state index is -0.475. The Kier molecular flexibility index (Phi) is 4.53. The highest BCUT2D eigenvalue weighted by Gasteiger charge is 2.22. The van der Waals surface area contributed by atoms with E-state index in [9.17, 15) is 10.1 Å². The van der Waals surface area contributed by atoms with Crippen molar-refractivity contribution < 1.29 is 23.9 Å². The molecule has 1 aliphatic rings. The van der Waals surface area contributed by atoms with Crippen molar-refractivity contribution >= 4 is 5.69 Å². The molecule has 1 saturated heterocycles. The van der Waals surface area contributed by atoms with E-state index in [1.807, 2.05) is 0 Å². The van der Waals surface area contributed by atoms with Gasteiger partial charge in [0.1, 0.15) is 0 Å². The maximum atomic E-state index is 10.7. The summed E-state index contributed by atoms with van der Waals surface area (Å²) >= 11 is 0. The normalized spacial score (nSPS) is 17.0. The van der Waals surface area contributed by atoms with Crippen LogP contribution >= 0.6 is 0 Å². The quantitative estimate of drug-likeness (QED) is 0.309. The molecular formula is C12H15NO6. The molecule has 104 valence electrons. The van der Waals surface area contributed by atoms with Gasteiger partial charge in [0, 0.05) is 19.6 Å². The van der Waals surface area contributed by atoms with Crippen LogP contribution < -0.4 is 9.47 Å². The Morgan fingerprint density at radius 1 is 1.42 bits per heavy atom. The van der Waals surface area contributed by atoms with Gasteiger partial charge in [-0.05, 0) is 6.07 Å². The summed E-state index contributed by atoms with van der Waals surface area (Å²) in [5.41, 5.74) is -0.0394. The van der Waals surface area contributed by atoms with Crippen LogP contribution in [-0.4, -0.2) is 38.1 Å². The number of methoxy groups -OCH3 is 1. The molecule has 19 heavy (non-hydrogen) atoms. The lowest BCUT2D eigenvalue weighted by Crippen LogP contribution is -2.05. The number of ether oxygens (including phenoxy) is 4. The second-order valence-electron chi connectivity index (χ2n) is 4.03. The number of nitrogens with zero attached hydrogens (tertiary/aromatic N) is 1. The molecule has 0 bridgehead atoms. The highest BCUT2D eigenvalue weighted by atomic mass is 16.7. The molecule has 1 fully saturated rings. The van der Waals surface area contributed by atoms with Crippen LogP contribution in [0.2, 0.25) is 0 Å². The second kappa shape index (κ2) is 6.35. The van der Waals surface area contributed by atoms with Crippen molar-refractivity contribution in [3.05, 3.63) is 28.3 Å². The topological polar surface area (TPSA) is 83.4 Å². The molecule has 0 aliphatic carbocycles. The van der Waals surface area contributed by atoms with Crippen LogP contribution in [0.1, 0.15) is 6.42 Å². The van der Waals surface area contributed by atoms with Crippen molar-refractivity contribution in [3.8, 4) is 11.5 Å². The SMILES string of the molecule is COCOc1ccc([N+](=O)[O-])cc1OCCC1CO1. The van der Waals surface area contributed by atoms with Crippen molar-refractivity contribution in [1.82, 2.24) is 0 Å². The summed E-state index contributed by atoms with van der Waals surface area (Å²) in [7, 11) is 1.50. The number of non-ortho nitro benzene ring substituents is 1. The lowest BCUT2D eigenvalue weighted by molar-refractivity contribution is -0.385. The van der Waals surface area contributed by atoms with Gasteiger partial charge in [-0.2, -0.15) is 0 Å². The van der Waals surface area contributed by atoms with Crippen LogP contribution in [0.15, 0.2) is 18.2 Å². The Bertz CT molecular complexity index is 446. The molecule has 1 atom stereocenters. The first-order chi connectivity index (χ1) is 9.20. The van der Waals surface area contributed by atoms with E-state index in [0.29, 0.717) is 18.1 Å². The highest BCUT2D eigenvalue weighted by molar-refractivity contribution is 5.48. The van der Waals surface area contributed by atoms with E-state index in [-0.39, 0.29) is 18.6 Å². The number of rotatable bonds is 8. The fourth-order valence-corrected chi connectivity index (χ4v) is 1.50. The highest BCUT2D eigenvalue weighted by Crippen LogP contribution is 2.32. The Labute approximate surface area is 110 Å². The number of hydrogen-bond donors (Lipinski definition) is 0. The molecular weight excluding hydrogens is 254 g/mol. The van der Waals surface area contributed by atoms with Gasteiger partial charge in [-0.15, -0.1) is 0 Å². The maximum Gasteiger partial charge on any atom is 0.273 e. The molecule has 0 amide bonds. The predicted octanol–water partition coefficient (Wildman–Crippen LogP) is 1.75. The van der Waals surface area contributed by atoms with Gasteiger partial charge in [0.25, 0.3) is 5.69 Å². The van der Waals surface area contributed by atoms with E-state index in [1.54, 1.807) is 0 Å². The number of benzene rings is 1. The predicted molar refractivity (Wildman–Crippen MR) is 65.5 cm³/mol. The van der Waals surface area contributed by atoms with Gasteiger partial charge in [0.05, 0.1) is 30.3 Å². The van der Waals surface area contributed by atoms with E-state index in [4.69, 9.17) is 18.9 Å². The zero-order chi connectivity index (χ0) is 13.7. The van der Waals surface area contributed by atoms with Crippen LogP contribution in [0.25, 0.3) is 0 Å². The third-order valence-corrected chi connectivity index (χ3v) is 2.57. The monoisotopic (exact) mass is 269 g/mol. The number of hydrogen-bond acceptors (Lipinski definition) is 6. The molecule has 0 aromatic heterocycles. The van der Waals surface area contributed by atoms with Crippen LogP contribution in [-0.2, 0) is 9.47 Å². The van der Waals surface area contributed by atoms with Gasteiger partial charge in [-0.1, -0.05) is 0 Å².